The number of rotatable bonds is 8. The molecule has 1 N–H and O–H groups in total. The second kappa shape index (κ2) is 9.73. The lowest BCUT2D eigenvalue weighted by Gasteiger charge is -2.17. The Kier molecular flexibility index (Phi) is 6.58. The van der Waals surface area contributed by atoms with Crippen molar-refractivity contribution in [3.63, 3.8) is 0 Å². The number of ether oxygens (including phenoxy) is 2. The van der Waals surface area contributed by atoms with E-state index in [4.69, 9.17) is 9.47 Å². The first-order chi connectivity index (χ1) is 16.0. The van der Waals surface area contributed by atoms with Crippen molar-refractivity contribution in [2.75, 3.05) is 14.2 Å². The molecule has 4 rings (SSSR count). The van der Waals surface area contributed by atoms with Gasteiger partial charge < -0.3 is 14.8 Å². The van der Waals surface area contributed by atoms with Crippen molar-refractivity contribution in [1.82, 2.24) is 14.9 Å². The molecular weight excluding hydrogens is 418 g/mol. The van der Waals surface area contributed by atoms with E-state index in [0.717, 1.165) is 16.3 Å². The Bertz CT molecular complexity index is 1360. The van der Waals surface area contributed by atoms with Crippen LogP contribution in [0.2, 0.25) is 0 Å². The zero-order chi connectivity index (χ0) is 23.4. The van der Waals surface area contributed by atoms with Gasteiger partial charge >= 0.3 is 0 Å². The number of benzene rings is 3. The number of amides is 1. The van der Waals surface area contributed by atoms with Crippen molar-refractivity contribution in [2.45, 2.75) is 32.4 Å². The first-order valence-corrected chi connectivity index (χ1v) is 10.9. The van der Waals surface area contributed by atoms with Gasteiger partial charge in [0.2, 0.25) is 5.91 Å². The Hall–Kier alpha value is -3.87. The maximum Gasteiger partial charge on any atom is 0.261 e. The normalized spacial score (nSPS) is 12.0. The van der Waals surface area contributed by atoms with E-state index in [1.165, 1.54) is 25.1 Å². The summed E-state index contributed by atoms with van der Waals surface area (Å²) in [5.74, 6) is 0.943. The summed E-state index contributed by atoms with van der Waals surface area (Å²) in [5, 5.41) is 5.80. The van der Waals surface area contributed by atoms with Crippen molar-refractivity contribution in [3.8, 4) is 11.5 Å². The molecule has 0 saturated heterocycles. The summed E-state index contributed by atoms with van der Waals surface area (Å²) in [6.45, 7) is 2.38. The maximum absolute atomic E-state index is 12.9. The van der Waals surface area contributed by atoms with Gasteiger partial charge in [-0.25, -0.2) is 4.98 Å². The van der Waals surface area contributed by atoms with Gasteiger partial charge in [0.05, 0.1) is 37.5 Å². The first kappa shape index (κ1) is 22.3. The van der Waals surface area contributed by atoms with E-state index in [-0.39, 0.29) is 17.5 Å². The molecule has 1 atom stereocenters. The van der Waals surface area contributed by atoms with E-state index in [9.17, 15) is 9.59 Å². The molecule has 1 unspecified atom stereocenters. The van der Waals surface area contributed by atoms with Crippen molar-refractivity contribution in [1.29, 1.82) is 0 Å². The van der Waals surface area contributed by atoms with Gasteiger partial charge in [-0.3, -0.25) is 14.2 Å². The first-order valence-electron chi connectivity index (χ1n) is 10.9. The molecule has 7 heteroatoms. The van der Waals surface area contributed by atoms with Crippen LogP contribution >= 0.6 is 0 Å². The number of aromatic nitrogens is 2. The quantitative estimate of drug-likeness (QED) is 0.439. The predicted octanol–water partition coefficient (Wildman–Crippen LogP) is 4.22. The largest absolute Gasteiger partial charge is 0.493 e. The van der Waals surface area contributed by atoms with E-state index in [1.54, 1.807) is 12.1 Å². The number of hydrogen-bond acceptors (Lipinski definition) is 5. The Balaban J connectivity index is 1.41. The summed E-state index contributed by atoms with van der Waals surface area (Å²) in [6.07, 6.45) is 2.34. The molecule has 1 heterocycles. The highest BCUT2D eigenvalue weighted by Crippen LogP contribution is 2.30. The SMILES string of the molecule is COc1cc2ncn(CCCC(=O)NC(C)c3cccc4ccccc34)c(=O)c2cc1OC. The summed E-state index contributed by atoms with van der Waals surface area (Å²) in [5.41, 5.74) is 1.45. The number of nitrogens with zero attached hydrogens (tertiary/aromatic N) is 2. The highest BCUT2D eigenvalue weighted by Gasteiger charge is 2.14. The third-order valence-corrected chi connectivity index (χ3v) is 5.80. The number of fused-ring (bicyclic) bond motifs is 2. The molecule has 3 aromatic carbocycles. The van der Waals surface area contributed by atoms with Gasteiger partial charge in [-0.2, -0.15) is 0 Å². The van der Waals surface area contributed by atoms with Crippen LogP contribution in [0.25, 0.3) is 21.7 Å². The van der Waals surface area contributed by atoms with Crippen LogP contribution in [0.1, 0.15) is 31.4 Å². The number of aryl methyl sites for hydroxylation is 1. The molecule has 0 fully saturated rings. The lowest BCUT2D eigenvalue weighted by atomic mass is 9.99. The Morgan fingerprint density at radius 1 is 1.03 bits per heavy atom. The minimum Gasteiger partial charge on any atom is -0.493 e. The molecular formula is C26H27N3O4. The smallest absolute Gasteiger partial charge is 0.261 e. The molecule has 0 spiro atoms. The van der Waals surface area contributed by atoms with E-state index < -0.39 is 0 Å². The Morgan fingerprint density at radius 2 is 1.76 bits per heavy atom. The third-order valence-electron chi connectivity index (χ3n) is 5.80. The molecule has 0 bridgehead atoms. The lowest BCUT2D eigenvalue weighted by molar-refractivity contribution is -0.121. The van der Waals surface area contributed by atoms with E-state index >= 15 is 0 Å². The average molecular weight is 446 g/mol. The van der Waals surface area contributed by atoms with E-state index in [0.29, 0.717) is 41.8 Å². The monoisotopic (exact) mass is 445 g/mol. The average Bonchev–Trinajstić information content (AvgIpc) is 2.84. The summed E-state index contributed by atoms with van der Waals surface area (Å²) in [7, 11) is 3.06. The molecule has 1 amide bonds. The molecule has 0 aliphatic rings. The van der Waals surface area contributed by atoms with E-state index in [1.807, 2.05) is 31.2 Å². The fraction of sp³-hybridized carbons (Fsp3) is 0.269. The highest BCUT2D eigenvalue weighted by atomic mass is 16.5. The predicted molar refractivity (Wildman–Crippen MR) is 129 cm³/mol. The number of carbonyl (C=O) groups excluding carboxylic acids is 1. The number of methoxy groups -OCH3 is 2. The van der Waals surface area contributed by atoms with Crippen molar-refractivity contribution >= 4 is 27.6 Å². The van der Waals surface area contributed by atoms with E-state index in [2.05, 4.69) is 28.5 Å². The maximum atomic E-state index is 12.9. The van der Waals surface area contributed by atoms with Gasteiger partial charge in [0.15, 0.2) is 11.5 Å². The number of hydrogen-bond donors (Lipinski definition) is 1. The minimum absolute atomic E-state index is 0.0522. The van der Waals surface area contributed by atoms with Gasteiger partial charge in [0, 0.05) is 19.0 Å². The second-order valence-electron chi connectivity index (χ2n) is 7.93. The number of carbonyl (C=O) groups is 1. The van der Waals surface area contributed by atoms with Crippen LogP contribution in [0.15, 0.2) is 65.7 Å². The molecule has 0 aliphatic heterocycles. The molecule has 4 aromatic rings. The number of nitrogens with one attached hydrogen (secondary N) is 1. The molecule has 33 heavy (non-hydrogen) atoms. The molecule has 7 nitrogen and oxygen atoms in total. The van der Waals surface area contributed by atoms with Gasteiger partial charge in [0.25, 0.3) is 5.56 Å². The van der Waals surface area contributed by atoms with Gasteiger partial charge in [-0.05, 0) is 35.7 Å². The van der Waals surface area contributed by atoms with Crippen LogP contribution in [0.5, 0.6) is 11.5 Å². The standard InChI is InChI=1S/C26H27N3O4/c1-17(19-11-6-9-18-8-4-5-10-20(18)19)28-25(30)12-7-13-29-16-27-22-15-24(33-3)23(32-2)14-21(22)26(29)31/h4-6,8-11,14-17H,7,12-13H2,1-3H3,(H,28,30). The minimum atomic E-state index is -0.175. The van der Waals surface area contributed by atoms with Crippen LogP contribution in [0.4, 0.5) is 0 Å². The zero-order valence-corrected chi connectivity index (χ0v) is 19.0. The molecule has 0 aliphatic carbocycles. The van der Waals surface area contributed by atoms with Crippen LogP contribution < -0.4 is 20.3 Å². The molecule has 0 radical (unpaired) electrons. The van der Waals surface area contributed by atoms with Crippen LogP contribution in [-0.2, 0) is 11.3 Å². The van der Waals surface area contributed by atoms with Crippen molar-refractivity contribution in [3.05, 3.63) is 76.8 Å². The van der Waals surface area contributed by atoms with Crippen LogP contribution in [0.3, 0.4) is 0 Å². The van der Waals surface area contributed by atoms with Crippen LogP contribution in [0, 0.1) is 0 Å². The zero-order valence-electron chi connectivity index (χ0n) is 19.0. The summed E-state index contributed by atoms with van der Waals surface area (Å²) >= 11 is 0. The molecule has 170 valence electrons. The van der Waals surface area contributed by atoms with Gasteiger partial charge in [0.1, 0.15) is 0 Å². The van der Waals surface area contributed by atoms with Gasteiger partial charge in [-0.1, -0.05) is 42.5 Å². The van der Waals surface area contributed by atoms with Crippen molar-refractivity contribution < 1.29 is 14.3 Å². The lowest BCUT2D eigenvalue weighted by Crippen LogP contribution is -2.27. The molecule has 1 aromatic heterocycles. The summed E-state index contributed by atoms with van der Waals surface area (Å²) in [6, 6.07) is 17.4. The topological polar surface area (TPSA) is 82.5 Å². The highest BCUT2D eigenvalue weighted by molar-refractivity contribution is 5.87. The third kappa shape index (κ3) is 4.67. The second-order valence-corrected chi connectivity index (χ2v) is 7.93. The van der Waals surface area contributed by atoms with Crippen molar-refractivity contribution in [2.24, 2.45) is 0 Å². The van der Waals surface area contributed by atoms with Gasteiger partial charge in [-0.15, -0.1) is 0 Å². The summed E-state index contributed by atoms with van der Waals surface area (Å²) < 4.78 is 12.1. The fourth-order valence-corrected chi connectivity index (χ4v) is 4.07. The fourth-order valence-electron chi connectivity index (χ4n) is 4.07. The molecule has 0 saturated carbocycles. The Labute approximate surface area is 192 Å². The summed E-state index contributed by atoms with van der Waals surface area (Å²) in [4.78, 5) is 29.8. The van der Waals surface area contributed by atoms with Crippen LogP contribution in [-0.4, -0.2) is 29.7 Å². The Morgan fingerprint density at radius 3 is 2.55 bits per heavy atom.